The summed E-state index contributed by atoms with van der Waals surface area (Å²) in [6.45, 7) is 3.05. The van der Waals surface area contributed by atoms with Gasteiger partial charge in [0.1, 0.15) is 11.5 Å². The summed E-state index contributed by atoms with van der Waals surface area (Å²) in [5.74, 6) is 1.84. The van der Waals surface area contributed by atoms with Gasteiger partial charge in [-0.05, 0) is 24.6 Å². The van der Waals surface area contributed by atoms with E-state index in [1.165, 1.54) is 32.1 Å². The van der Waals surface area contributed by atoms with Crippen molar-refractivity contribution in [1.29, 1.82) is 0 Å². The third-order valence-corrected chi connectivity index (χ3v) is 3.77. The standard InChI is InChI=1S/C16H25BrO2/c1-3-4-5-6-7-8-11-19-16-10-9-15(18-2)12-14(16)13-17/h9-10,12H,3-8,11,13H2,1-2H3. The monoisotopic (exact) mass is 328 g/mol. The molecule has 0 aliphatic rings. The molecule has 0 aliphatic heterocycles. The van der Waals surface area contributed by atoms with Crippen molar-refractivity contribution in [3.05, 3.63) is 23.8 Å². The van der Waals surface area contributed by atoms with Crippen molar-refractivity contribution in [2.45, 2.75) is 50.8 Å². The SMILES string of the molecule is CCCCCCCCOc1ccc(OC)cc1CBr. The van der Waals surface area contributed by atoms with Crippen molar-refractivity contribution in [3.63, 3.8) is 0 Å². The molecule has 3 heteroatoms. The number of benzene rings is 1. The van der Waals surface area contributed by atoms with Gasteiger partial charge >= 0.3 is 0 Å². The minimum absolute atomic E-state index is 0.788. The number of methoxy groups -OCH3 is 1. The molecule has 1 aromatic carbocycles. The molecule has 0 radical (unpaired) electrons. The number of hydrogen-bond acceptors (Lipinski definition) is 2. The molecule has 0 bridgehead atoms. The smallest absolute Gasteiger partial charge is 0.123 e. The van der Waals surface area contributed by atoms with E-state index in [9.17, 15) is 0 Å². The first-order valence-corrected chi connectivity index (χ1v) is 8.29. The van der Waals surface area contributed by atoms with Crippen molar-refractivity contribution in [1.82, 2.24) is 0 Å². The molecular formula is C16H25BrO2. The molecule has 2 nitrogen and oxygen atoms in total. The molecule has 0 heterocycles. The minimum Gasteiger partial charge on any atom is -0.497 e. The van der Waals surface area contributed by atoms with Crippen molar-refractivity contribution in [2.24, 2.45) is 0 Å². The van der Waals surface area contributed by atoms with E-state index in [0.29, 0.717) is 0 Å². The van der Waals surface area contributed by atoms with Crippen molar-refractivity contribution in [2.75, 3.05) is 13.7 Å². The van der Waals surface area contributed by atoms with Crippen LogP contribution in [0.5, 0.6) is 11.5 Å². The van der Waals surface area contributed by atoms with Gasteiger partial charge in [-0.1, -0.05) is 55.0 Å². The number of rotatable bonds is 10. The van der Waals surface area contributed by atoms with E-state index in [2.05, 4.69) is 22.9 Å². The Balaban J connectivity index is 2.28. The van der Waals surface area contributed by atoms with Crippen LogP contribution in [-0.4, -0.2) is 13.7 Å². The predicted molar refractivity (Wildman–Crippen MR) is 84.5 cm³/mol. The second kappa shape index (κ2) is 10.1. The van der Waals surface area contributed by atoms with Crippen LogP contribution in [0.15, 0.2) is 18.2 Å². The van der Waals surface area contributed by atoms with Crippen LogP contribution in [0.1, 0.15) is 51.0 Å². The topological polar surface area (TPSA) is 18.5 Å². The Morgan fingerprint density at radius 3 is 2.47 bits per heavy atom. The Morgan fingerprint density at radius 2 is 1.79 bits per heavy atom. The van der Waals surface area contributed by atoms with E-state index >= 15 is 0 Å². The first kappa shape index (κ1) is 16.4. The predicted octanol–water partition coefficient (Wildman–Crippen LogP) is 5.33. The minimum atomic E-state index is 0.788. The molecule has 0 amide bonds. The Bertz CT molecular complexity index is 353. The van der Waals surface area contributed by atoms with E-state index < -0.39 is 0 Å². The summed E-state index contributed by atoms with van der Waals surface area (Å²) in [6.07, 6.45) is 7.73. The van der Waals surface area contributed by atoms with Crippen LogP contribution >= 0.6 is 15.9 Å². The fraction of sp³-hybridized carbons (Fsp3) is 0.625. The van der Waals surface area contributed by atoms with E-state index in [1.807, 2.05) is 18.2 Å². The third-order valence-electron chi connectivity index (χ3n) is 3.17. The summed E-state index contributed by atoms with van der Waals surface area (Å²) < 4.78 is 11.1. The molecule has 0 N–H and O–H groups in total. The maximum absolute atomic E-state index is 5.85. The highest BCUT2D eigenvalue weighted by Crippen LogP contribution is 2.26. The number of halogens is 1. The van der Waals surface area contributed by atoms with Crippen LogP contribution in [0, 0.1) is 0 Å². The molecule has 0 spiro atoms. The second-order valence-electron chi connectivity index (χ2n) is 4.72. The Hall–Kier alpha value is -0.700. The zero-order chi connectivity index (χ0) is 13.9. The highest BCUT2D eigenvalue weighted by atomic mass is 79.9. The first-order valence-electron chi connectivity index (χ1n) is 7.17. The maximum atomic E-state index is 5.85. The van der Waals surface area contributed by atoms with Crippen LogP contribution in [0.25, 0.3) is 0 Å². The number of ether oxygens (including phenoxy) is 2. The molecule has 1 aromatic rings. The summed E-state index contributed by atoms with van der Waals surface area (Å²) in [6, 6.07) is 5.96. The van der Waals surface area contributed by atoms with Gasteiger partial charge in [0.25, 0.3) is 0 Å². The third kappa shape index (κ3) is 6.33. The van der Waals surface area contributed by atoms with Crippen LogP contribution in [0.2, 0.25) is 0 Å². The summed E-state index contributed by atoms with van der Waals surface area (Å²) in [5, 5.41) is 0.788. The fourth-order valence-electron chi connectivity index (χ4n) is 1.99. The van der Waals surface area contributed by atoms with Crippen LogP contribution in [-0.2, 0) is 5.33 Å². The van der Waals surface area contributed by atoms with Crippen molar-refractivity contribution < 1.29 is 9.47 Å². The van der Waals surface area contributed by atoms with E-state index in [1.54, 1.807) is 7.11 Å². The van der Waals surface area contributed by atoms with Gasteiger partial charge in [-0.25, -0.2) is 0 Å². The second-order valence-corrected chi connectivity index (χ2v) is 5.28. The number of hydrogen-bond donors (Lipinski definition) is 0. The molecule has 0 aliphatic carbocycles. The zero-order valence-corrected chi connectivity index (χ0v) is 13.7. The Kier molecular flexibility index (Phi) is 8.72. The van der Waals surface area contributed by atoms with Crippen molar-refractivity contribution in [3.8, 4) is 11.5 Å². The summed E-state index contributed by atoms with van der Waals surface area (Å²) in [4.78, 5) is 0. The first-order chi connectivity index (χ1) is 9.31. The molecule has 0 atom stereocenters. The van der Waals surface area contributed by atoms with Gasteiger partial charge < -0.3 is 9.47 Å². The molecule has 1 rings (SSSR count). The van der Waals surface area contributed by atoms with Crippen LogP contribution in [0.4, 0.5) is 0 Å². The molecule has 0 unspecified atom stereocenters. The molecule has 0 saturated heterocycles. The van der Waals surface area contributed by atoms with Crippen LogP contribution < -0.4 is 9.47 Å². The number of alkyl halides is 1. The lowest BCUT2D eigenvalue weighted by atomic mass is 10.1. The zero-order valence-electron chi connectivity index (χ0n) is 12.1. The lowest BCUT2D eigenvalue weighted by Gasteiger charge is -2.11. The summed E-state index contributed by atoms with van der Waals surface area (Å²) in [7, 11) is 1.68. The molecule has 0 aromatic heterocycles. The fourth-order valence-corrected chi connectivity index (χ4v) is 2.43. The molecule has 108 valence electrons. The molecule has 0 fully saturated rings. The largest absolute Gasteiger partial charge is 0.497 e. The van der Waals surface area contributed by atoms with Crippen LogP contribution in [0.3, 0.4) is 0 Å². The molecular weight excluding hydrogens is 304 g/mol. The van der Waals surface area contributed by atoms with Gasteiger partial charge in [0.2, 0.25) is 0 Å². The molecule has 0 saturated carbocycles. The average Bonchev–Trinajstić information content (AvgIpc) is 2.46. The summed E-state index contributed by atoms with van der Waals surface area (Å²) in [5.41, 5.74) is 1.14. The van der Waals surface area contributed by atoms with Gasteiger partial charge in [0.15, 0.2) is 0 Å². The Labute approximate surface area is 125 Å². The van der Waals surface area contributed by atoms with Gasteiger partial charge in [-0.15, -0.1) is 0 Å². The quantitative estimate of drug-likeness (QED) is 0.427. The van der Waals surface area contributed by atoms with Gasteiger partial charge in [-0.3, -0.25) is 0 Å². The van der Waals surface area contributed by atoms with Gasteiger partial charge in [-0.2, -0.15) is 0 Å². The lowest BCUT2D eigenvalue weighted by Crippen LogP contribution is -2.00. The maximum Gasteiger partial charge on any atom is 0.123 e. The normalized spacial score (nSPS) is 10.5. The Morgan fingerprint density at radius 1 is 1.05 bits per heavy atom. The van der Waals surface area contributed by atoms with Gasteiger partial charge in [0.05, 0.1) is 13.7 Å². The van der Waals surface area contributed by atoms with Crippen molar-refractivity contribution >= 4 is 15.9 Å². The lowest BCUT2D eigenvalue weighted by molar-refractivity contribution is 0.301. The van der Waals surface area contributed by atoms with E-state index in [-0.39, 0.29) is 0 Å². The van der Waals surface area contributed by atoms with E-state index in [0.717, 1.165) is 35.4 Å². The molecule has 19 heavy (non-hydrogen) atoms. The van der Waals surface area contributed by atoms with E-state index in [4.69, 9.17) is 9.47 Å². The van der Waals surface area contributed by atoms with Gasteiger partial charge in [0, 0.05) is 10.9 Å². The summed E-state index contributed by atoms with van der Waals surface area (Å²) >= 11 is 3.49. The highest BCUT2D eigenvalue weighted by molar-refractivity contribution is 9.08. The number of unbranched alkanes of at least 4 members (excludes halogenated alkanes) is 5. The highest BCUT2D eigenvalue weighted by Gasteiger charge is 2.04. The average molecular weight is 329 g/mol.